The standard InChI is InChI=1S/C26H28FN5O5S/c1-16(13-36-2)32-23(14-37-22-10-6-4-8-19(22)27)30-31-26(32)38-15-24(33)29-21(25(34)35)11-17-12-28-20-9-5-3-7-18(17)20/h3-10,12,16,21,28H,11,13-15H2,1-2H3,(H,29,33)(H,34,35). The van der Waals surface area contributed by atoms with Gasteiger partial charge in [-0.05, 0) is 30.7 Å². The second-order valence-electron chi connectivity index (χ2n) is 8.60. The molecule has 0 saturated carbocycles. The summed E-state index contributed by atoms with van der Waals surface area (Å²) in [5.74, 6) is -1.63. The molecule has 0 spiro atoms. The predicted molar refractivity (Wildman–Crippen MR) is 140 cm³/mol. The van der Waals surface area contributed by atoms with Crippen molar-refractivity contribution in [2.75, 3.05) is 19.5 Å². The summed E-state index contributed by atoms with van der Waals surface area (Å²) in [5, 5.41) is 22.0. The van der Waals surface area contributed by atoms with Crippen molar-refractivity contribution < 1.29 is 28.6 Å². The fraction of sp³-hybridized carbons (Fsp3) is 0.308. The zero-order chi connectivity index (χ0) is 27.1. The number of methoxy groups -OCH3 is 1. The van der Waals surface area contributed by atoms with Gasteiger partial charge in [-0.25, -0.2) is 9.18 Å². The molecule has 12 heteroatoms. The van der Waals surface area contributed by atoms with Crippen molar-refractivity contribution in [3.63, 3.8) is 0 Å². The molecule has 0 radical (unpaired) electrons. The smallest absolute Gasteiger partial charge is 0.326 e. The second kappa shape index (κ2) is 12.6. The number of carbonyl (C=O) groups excluding carboxylic acids is 1. The molecule has 0 aliphatic heterocycles. The van der Waals surface area contributed by atoms with Crippen LogP contribution in [0.15, 0.2) is 59.9 Å². The van der Waals surface area contributed by atoms with E-state index in [-0.39, 0.29) is 30.6 Å². The molecule has 1 amide bonds. The molecule has 200 valence electrons. The summed E-state index contributed by atoms with van der Waals surface area (Å²) in [6.07, 6.45) is 1.89. The van der Waals surface area contributed by atoms with Crippen molar-refractivity contribution in [1.29, 1.82) is 0 Å². The van der Waals surface area contributed by atoms with E-state index >= 15 is 0 Å². The van der Waals surface area contributed by atoms with Gasteiger partial charge in [-0.3, -0.25) is 9.36 Å². The van der Waals surface area contributed by atoms with Crippen molar-refractivity contribution in [3.05, 3.63) is 71.9 Å². The van der Waals surface area contributed by atoms with Gasteiger partial charge < -0.3 is 24.9 Å². The first-order valence-corrected chi connectivity index (χ1v) is 12.9. The van der Waals surface area contributed by atoms with Gasteiger partial charge in [-0.2, -0.15) is 0 Å². The summed E-state index contributed by atoms with van der Waals surface area (Å²) in [5.41, 5.74) is 1.70. The lowest BCUT2D eigenvalue weighted by Crippen LogP contribution is -2.43. The van der Waals surface area contributed by atoms with E-state index in [4.69, 9.17) is 9.47 Å². The van der Waals surface area contributed by atoms with E-state index in [0.717, 1.165) is 28.2 Å². The highest BCUT2D eigenvalue weighted by atomic mass is 32.2. The Hall–Kier alpha value is -3.90. The van der Waals surface area contributed by atoms with Crippen LogP contribution in [0.4, 0.5) is 4.39 Å². The number of halogens is 1. The topological polar surface area (TPSA) is 131 Å². The number of carbonyl (C=O) groups is 2. The van der Waals surface area contributed by atoms with Gasteiger partial charge in [0.25, 0.3) is 0 Å². The van der Waals surface area contributed by atoms with Crippen LogP contribution >= 0.6 is 11.8 Å². The maximum atomic E-state index is 14.0. The minimum atomic E-state index is -1.13. The SMILES string of the molecule is COCC(C)n1c(COc2ccccc2F)nnc1SCC(=O)NC(Cc1c[nH]c2ccccc12)C(=O)O. The lowest BCUT2D eigenvalue weighted by molar-refractivity contribution is -0.141. The molecule has 10 nitrogen and oxygen atoms in total. The van der Waals surface area contributed by atoms with Crippen molar-refractivity contribution in [2.24, 2.45) is 0 Å². The quantitative estimate of drug-likeness (QED) is 0.219. The molecule has 4 rings (SSSR count). The van der Waals surface area contributed by atoms with Gasteiger partial charge in [0.1, 0.15) is 12.6 Å². The van der Waals surface area contributed by atoms with Crippen LogP contribution in [0.25, 0.3) is 10.9 Å². The number of thioether (sulfide) groups is 1. The maximum absolute atomic E-state index is 14.0. The van der Waals surface area contributed by atoms with E-state index in [1.807, 2.05) is 31.2 Å². The molecule has 2 atom stereocenters. The number of ether oxygens (including phenoxy) is 2. The molecule has 2 aromatic heterocycles. The maximum Gasteiger partial charge on any atom is 0.326 e. The van der Waals surface area contributed by atoms with Crippen LogP contribution < -0.4 is 10.1 Å². The van der Waals surface area contributed by atoms with Crippen molar-refractivity contribution >= 4 is 34.5 Å². The molecule has 2 aromatic carbocycles. The normalized spacial score (nSPS) is 12.8. The van der Waals surface area contributed by atoms with Gasteiger partial charge in [0.05, 0.1) is 18.4 Å². The Labute approximate surface area is 222 Å². The zero-order valence-corrected chi connectivity index (χ0v) is 21.7. The van der Waals surface area contributed by atoms with Crippen LogP contribution in [0.5, 0.6) is 5.75 Å². The number of nitrogens with zero attached hydrogens (tertiary/aromatic N) is 3. The number of amides is 1. The van der Waals surface area contributed by atoms with E-state index in [1.165, 1.54) is 12.1 Å². The van der Waals surface area contributed by atoms with Crippen molar-refractivity contribution in [3.8, 4) is 5.75 Å². The summed E-state index contributed by atoms with van der Waals surface area (Å²) in [4.78, 5) is 27.7. The van der Waals surface area contributed by atoms with E-state index in [1.54, 1.807) is 30.0 Å². The van der Waals surface area contributed by atoms with Gasteiger partial charge in [-0.15, -0.1) is 10.2 Å². The molecule has 2 heterocycles. The van der Waals surface area contributed by atoms with Gasteiger partial charge in [0.15, 0.2) is 22.5 Å². The van der Waals surface area contributed by atoms with E-state index in [0.29, 0.717) is 17.6 Å². The van der Waals surface area contributed by atoms with Gasteiger partial charge in [0, 0.05) is 30.6 Å². The first-order valence-electron chi connectivity index (χ1n) is 11.9. The molecule has 2 unspecified atom stereocenters. The molecular weight excluding hydrogens is 513 g/mol. The number of aromatic nitrogens is 4. The first-order chi connectivity index (χ1) is 18.4. The molecule has 3 N–H and O–H groups in total. The summed E-state index contributed by atoms with van der Waals surface area (Å²) in [6.45, 7) is 2.20. The van der Waals surface area contributed by atoms with E-state index in [2.05, 4.69) is 20.5 Å². The molecule has 0 saturated heterocycles. The first kappa shape index (κ1) is 27.1. The molecular formula is C26H28FN5O5S. The fourth-order valence-electron chi connectivity index (χ4n) is 4.05. The number of hydrogen-bond donors (Lipinski definition) is 3. The average Bonchev–Trinajstić information content (AvgIpc) is 3.50. The third kappa shape index (κ3) is 6.50. The largest absolute Gasteiger partial charge is 0.483 e. The molecule has 38 heavy (non-hydrogen) atoms. The highest BCUT2D eigenvalue weighted by molar-refractivity contribution is 7.99. The van der Waals surface area contributed by atoms with Crippen molar-refractivity contribution in [2.45, 2.75) is 37.2 Å². The summed E-state index contributed by atoms with van der Waals surface area (Å²) >= 11 is 1.11. The fourth-order valence-corrected chi connectivity index (χ4v) is 4.92. The number of benzene rings is 2. The summed E-state index contributed by atoms with van der Waals surface area (Å²) in [7, 11) is 1.57. The molecule has 0 bridgehead atoms. The predicted octanol–water partition coefficient (Wildman–Crippen LogP) is 3.59. The third-order valence-corrected chi connectivity index (χ3v) is 6.78. The number of carboxylic acids is 1. The van der Waals surface area contributed by atoms with Crippen LogP contribution in [0.1, 0.15) is 24.4 Å². The monoisotopic (exact) mass is 541 g/mol. The Bertz CT molecular complexity index is 1410. The number of H-pyrrole nitrogens is 1. The number of rotatable bonds is 13. The second-order valence-corrected chi connectivity index (χ2v) is 9.55. The van der Waals surface area contributed by atoms with E-state index < -0.39 is 23.7 Å². The third-order valence-electron chi connectivity index (χ3n) is 5.84. The Morgan fingerprint density at radius 2 is 1.95 bits per heavy atom. The van der Waals surface area contributed by atoms with Crippen molar-refractivity contribution in [1.82, 2.24) is 25.1 Å². The van der Waals surface area contributed by atoms with Crippen LogP contribution in [-0.2, 0) is 27.4 Å². The Kier molecular flexibility index (Phi) is 8.98. The molecule has 0 fully saturated rings. The molecule has 4 aromatic rings. The lowest BCUT2D eigenvalue weighted by atomic mass is 10.1. The van der Waals surface area contributed by atoms with Gasteiger partial charge in [-0.1, -0.05) is 42.1 Å². The van der Waals surface area contributed by atoms with Crippen LogP contribution in [-0.4, -0.2) is 62.2 Å². The van der Waals surface area contributed by atoms with Crippen LogP contribution in [0.3, 0.4) is 0 Å². The minimum absolute atomic E-state index is 0.0412. The molecule has 0 aliphatic rings. The average molecular weight is 542 g/mol. The van der Waals surface area contributed by atoms with E-state index in [9.17, 15) is 19.1 Å². The number of hydrogen-bond acceptors (Lipinski definition) is 7. The van der Waals surface area contributed by atoms with Crippen LogP contribution in [0.2, 0.25) is 0 Å². The Morgan fingerprint density at radius 3 is 2.71 bits per heavy atom. The number of carboxylic acid groups (broad SMARTS) is 1. The van der Waals surface area contributed by atoms with Gasteiger partial charge in [0.2, 0.25) is 5.91 Å². The molecule has 0 aliphatic carbocycles. The lowest BCUT2D eigenvalue weighted by Gasteiger charge is -2.18. The number of aliphatic carboxylic acids is 1. The van der Waals surface area contributed by atoms with Gasteiger partial charge >= 0.3 is 5.97 Å². The number of fused-ring (bicyclic) bond motifs is 1. The number of aromatic amines is 1. The highest BCUT2D eigenvalue weighted by Crippen LogP contribution is 2.24. The summed E-state index contributed by atoms with van der Waals surface area (Å²) < 4.78 is 26.6. The Morgan fingerprint density at radius 1 is 1.18 bits per heavy atom. The Balaban J connectivity index is 1.42. The zero-order valence-electron chi connectivity index (χ0n) is 20.9. The number of para-hydroxylation sites is 2. The summed E-state index contributed by atoms with van der Waals surface area (Å²) in [6, 6.07) is 12.3. The number of nitrogens with one attached hydrogen (secondary N) is 2. The highest BCUT2D eigenvalue weighted by Gasteiger charge is 2.24. The minimum Gasteiger partial charge on any atom is -0.483 e. The van der Waals surface area contributed by atoms with Crippen LogP contribution in [0, 0.1) is 5.82 Å².